The average Bonchev–Trinajstić information content (AvgIpc) is 2.46. The number of aromatic nitrogens is 2. The second-order valence-corrected chi connectivity index (χ2v) is 5.37. The van der Waals surface area contributed by atoms with Crippen LogP contribution in [-0.4, -0.2) is 69.9 Å². The van der Waals surface area contributed by atoms with Gasteiger partial charge in [0, 0.05) is 39.8 Å². The molecular formula is C14H22N4O3. The van der Waals surface area contributed by atoms with Crippen molar-refractivity contribution in [2.45, 2.75) is 13.8 Å². The van der Waals surface area contributed by atoms with Gasteiger partial charge in [0.05, 0.1) is 12.3 Å². The monoisotopic (exact) mass is 294 g/mol. The Balaban J connectivity index is 2.21. The highest BCUT2D eigenvalue weighted by Crippen LogP contribution is 2.11. The molecule has 1 aliphatic heterocycles. The normalized spacial score (nSPS) is 16.3. The van der Waals surface area contributed by atoms with Crippen LogP contribution in [0.1, 0.15) is 21.6 Å². The van der Waals surface area contributed by atoms with Crippen LogP contribution >= 0.6 is 0 Å². The number of amides is 1. The fraction of sp³-hybridized carbons (Fsp3) is 0.643. The molecule has 1 aromatic rings. The maximum absolute atomic E-state index is 12.6. The minimum atomic E-state index is -0.346. The first-order valence-electron chi connectivity index (χ1n) is 7.12. The second kappa shape index (κ2) is 6.36. The number of nitrogens with zero attached hydrogens (tertiary/aromatic N) is 4. The minimum absolute atomic E-state index is 0.122. The van der Waals surface area contributed by atoms with E-state index in [4.69, 9.17) is 5.11 Å². The first kappa shape index (κ1) is 15.7. The maximum atomic E-state index is 12.6. The lowest BCUT2D eigenvalue weighted by molar-refractivity contribution is 0.0611. The van der Waals surface area contributed by atoms with Gasteiger partial charge in [0.25, 0.3) is 11.5 Å². The predicted molar refractivity (Wildman–Crippen MR) is 78.4 cm³/mol. The molecule has 2 heterocycles. The third-order valence-corrected chi connectivity index (χ3v) is 4.02. The Bertz CT molecular complexity index is 589. The molecule has 116 valence electrons. The summed E-state index contributed by atoms with van der Waals surface area (Å²) < 4.78 is 1.22. The Labute approximate surface area is 123 Å². The largest absolute Gasteiger partial charge is 0.395 e. The van der Waals surface area contributed by atoms with Crippen molar-refractivity contribution >= 4 is 5.91 Å². The first-order valence-corrected chi connectivity index (χ1v) is 7.12. The molecule has 0 saturated carbocycles. The Kier molecular flexibility index (Phi) is 4.74. The van der Waals surface area contributed by atoms with E-state index in [9.17, 15) is 9.59 Å². The molecule has 2 rings (SSSR count). The lowest BCUT2D eigenvalue weighted by Crippen LogP contribution is -2.50. The summed E-state index contributed by atoms with van der Waals surface area (Å²) in [4.78, 5) is 28.6. The molecular weight excluding hydrogens is 272 g/mol. The fourth-order valence-corrected chi connectivity index (χ4v) is 2.57. The van der Waals surface area contributed by atoms with E-state index in [0.717, 1.165) is 13.1 Å². The zero-order valence-electron chi connectivity index (χ0n) is 12.8. The quantitative estimate of drug-likeness (QED) is 0.785. The number of aliphatic hydroxyl groups is 1. The van der Waals surface area contributed by atoms with Crippen molar-refractivity contribution in [3.8, 4) is 0 Å². The summed E-state index contributed by atoms with van der Waals surface area (Å²) in [5.74, 6) is -0.220. The summed E-state index contributed by atoms with van der Waals surface area (Å²) in [6.45, 7) is 6.88. The number of aryl methyl sites for hydroxylation is 2. The van der Waals surface area contributed by atoms with Crippen LogP contribution in [0.2, 0.25) is 0 Å². The van der Waals surface area contributed by atoms with Crippen molar-refractivity contribution in [2.75, 3.05) is 39.3 Å². The summed E-state index contributed by atoms with van der Waals surface area (Å²) in [5, 5.41) is 13.0. The smallest absolute Gasteiger partial charge is 0.279 e. The maximum Gasteiger partial charge on any atom is 0.279 e. The molecule has 1 fully saturated rings. The van der Waals surface area contributed by atoms with Crippen LogP contribution in [0.25, 0.3) is 0 Å². The van der Waals surface area contributed by atoms with Crippen LogP contribution in [0.15, 0.2) is 4.79 Å². The Morgan fingerprint density at radius 1 is 1.24 bits per heavy atom. The van der Waals surface area contributed by atoms with Crippen molar-refractivity contribution in [2.24, 2.45) is 7.05 Å². The van der Waals surface area contributed by atoms with Gasteiger partial charge in [0.1, 0.15) is 5.56 Å². The zero-order valence-corrected chi connectivity index (χ0v) is 12.8. The van der Waals surface area contributed by atoms with Crippen molar-refractivity contribution < 1.29 is 9.90 Å². The Hall–Kier alpha value is -1.73. The number of aliphatic hydroxyl groups excluding tert-OH is 1. The van der Waals surface area contributed by atoms with E-state index in [1.54, 1.807) is 25.8 Å². The van der Waals surface area contributed by atoms with E-state index in [2.05, 4.69) is 10.00 Å². The molecule has 0 spiro atoms. The molecule has 1 aromatic heterocycles. The average molecular weight is 294 g/mol. The van der Waals surface area contributed by atoms with Crippen molar-refractivity contribution in [1.29, 1.82) is 0 Å². The Morgan fingerprint density at radius 2 is 1.86 bits per heavy atom. The van der Waals surface area contributed by atoms with Gasteiger partial charge in [0.2, 0.25) is 0 Å². The molecule has 0 radical (unpaired) electrons. The number of carbonyl (C=O) groups is 1. The van der Waals surface area contributed by atoms with E-state index in [1.807, 2.05) is 0 Å². The van der Waals surface area contributed by atoms with Crippen LogP contribution in [-0.2, 0) is 7.05 Å². The summed E-state index contributed by atoms with van der Waals surface area (Å²) >= 11 is 0. The topological polar surface area (TPSA) is 78.7 Å². The number of β-amino-alcohol motifs (C(OH)–C–C–N with tert-alkyl or cyclic N) is 1. The molecule has 0 aliphatic carbocycles. The van der Waals surface area contributed by atoms with Gasteiger partial charge in [-0.3, -0.25) is 14.5 Å². The molecule has 1 amide bonds. The van der Waals surface area contributed by atoms with E-state index < -0.39 is 0 Å². The first-order chi connectivity index (χ1) is 9.95. The van der Waals surface area contributed by atoms with Gasteiger partial charge in [-0.15, -0.1) is 0 Å². The molecule has 0 aromatic carbocycles. The van der Waals surface area contributed by atoms with Gasteiger partial charge >= 0.3 is 0 Å². The number of carbonyl (C=O) groups excluding carboxylic acids is 1. The molecule has 21 heavy (non-hydrogen) atoms. The van der Waals surface area contributed by atoms with E-state index in [-0.39, 0.29) is 23.6 Å². The van der Waals surface area contributed by atoms with Gasteiger partial charge in [-0.25, -0.2) is 4.68 Å². The number of hydrogen-bond donors (Lipinski definition) is 1. The number of rotatable bonds is 3. The van der Waals surface area contributed by atoms with Crippen molar-refractivity contribution in [3.63, 3.8) is 0 Å². The van der Waals surface area contributed by atoms with Gasteiger partial charge < -0.3 is 10.0 Å². The standard InChI is InChI=1S/C14H22N4O3/c1-10-11(2)15-16(3)13(20)12(10)14(21)18-6-4-17(5-7-18)8-9-19/h19H,4-9H2,1-3H3. The van der Waals surface area contributed by atoms with Crippen molar-refractivity contribution in [3.05, 3.63) is 27.2 Å². The second-order valence-electron chi connectivity index (χ2n) is 5.37. The third kappa shape index (κ3) is 3.14. The van der Waals surface area contributed by atoms with Crippen LogP contribution < -0.4 is 5.56 Å². The lowest BCUT2D eigenvalue weighted by Gasteiger charge is -2.34. The van der Waals surface area contributed by atoms with Crippen LogP contribution in [0, 0.1) is 13.8 Å². The van der Waals surface area contributed by atoms with Gasteiger partial charge in [-0.05, 0) is 19.4 Å². The van der Waals surface area contributed by atoms with E-state index in [1.165, 1.54) is 4.68 Å². The predicted octanol–water partition coefficient (Wildman–Crippen LogP) is -0.853. The van der Waals surface area contributed by atoms with Crippen LogP contribution in [0.3, 0.4) is 0 Å². The molecule has 1 aliphatic rings. The molecule has 0 atom stereocenters. The Morgan fingerprint density at radius 3 is 2.43 bits per heavy atom. The highest BCUT2D eigenvalue weighted by atomic mass is 16.3. The molecule has 0 bridgehead atoms. The summed E-state index contributed by atoms with van der Waals surface area (Å²) in [5.41, 5.74) is 1.22. The summed E-state index contributed by atoms with van der Waals surface area (Å²) in [7, 11) is 1.56. The van der Waals surface area contributed by atoms with E-state index in [0.29, 0.717) is 30.9 Å². The molecule has 1 saturated heterocycles. The van der Waals surface area contributed by atoms with Crippen LogP contribution in [0.5, 0.6) is 0 Å². The van der Waals surface area contributed by atoms with Gasteiger partial charge in [0.15, 0.2) is 0 Å². The lowest BCUT2D eigenvalue weighted by atomic mass is 10.1. The molecule has 7 nitrogen and oxygen atoms in total. The van der Waals surface area contributed by atoms with Gasteiger partial charge in [-0.2, -0.15) is 5.10 Å². The van der Waals surface area contributed by atoms with Crippen molar-refractivity contribution in [1.82, 2.24) is 19.6 Å². The van der Waals surface area contributed by atoms with E-state index >= 15 is 0 Å². The summed E-state index contributed by atoms with van der Waals surface area (Å²) in [6.07, 6.45) is 0. The number of hydrogen-bond acceptors (Lipinski definition) is 5. The molecule has 0 unspecified atom stereocenters. The highest BCUT2D eigenvalue weighted by Gasteiger charge is 2.26. The third-order valence-electron chi connectivity index (χ3n) is 4.02. The van der Waals surface area contributed by atoms with Gasteiger partial charge in [-0.1, -0.05) is 0 Å². The summed E-state index contributed by atoms with van der Waals surface area (Å²) in [6, 6.07) is 0. The van der Waals surface area contributed by atoms with Crippen LogP contribution in [0.4, 0.5) is 0 Å². The minimum Gasteiger partial charge on any atom is -0.395 e. The number of piperazine rings is 1. The SMILES string of the molecule is Cc1nn(C)c(=O)c(C(=O)N2CCN(CCO)CC2)c1C. The zero-order chi connectivity index (χ0) is 15.6. The fourth-order valence-electron chi connectivity index (χ4n) is 2.57. The highest BCUT2D eigenvalue weighted by molar-refractivity contribution is 5.95. The molecule has 1 N–H and O–H groups in total. The molecule has 7 heteroatoms.